The third kappa shape index (κ3) is 4.32. The van der Waals surface area contributed by atoms with Crippen LogP contribution in [0.4, 0.5) is 0 Å². The van der Waals surface area contributed by atoms with Crippen molar-refractivity contribution in [1.29, 1.82) is 0 Å². The van der Waals surface area contributed by atoms with Gasteiger partial charge in [0, 0.05) is 24.5 Å². The maximum atomic E-state index is 12.0. The van der Waals surface area contributed by atoms with Crippen LogP contribution in [0.1, 0.15) is 15.9 Å². The van der Waals surface area contributed by atoms with Gasteiger partial charge in [-0.05, 0) is 23.8 Å². The molecule has 6 nitrogen and oxygen atoms in total. The number of nitrogens with zero attached hydrogens (tertiary/aromatic N) is 2. The van der Waals surface area contributed by atoms with Crippen molar-refractivity contribution in [3.63, 3.8) is 0 Å². The number of hydrogen-bond acceptors (Lipinski definition) is 4. The molecule has 0 bridgehead atoms. The largest absolute Gasteiger partial charge is 0.484 e. The number of para-hydroxylation sites is 1. The highest BCUT2D eigenvalue weighted by molar-refractivity contribution is 5.78. The number of aldehydes is 1. The second-order valence-corrected chi connectivity index (χ2v) is 5.35. The number of rotatable bonds is 7. The minimum atomic E-state index is -0.239. The van der Waals surface area contributed by atoms with E-state index >= 15 is 0 Å². The van der Waals surface area contributed by atoms with E-state index in [1.54, 1.807) is 36.8 Å². The molecule has 0 saturated carbocycles. The van der Waals surface area contributed by atoms with E-state index in [2.05, 4.69) is 10.3 Å². The first-order valence-electron chi connectivity index (χ1n) is 7.77. The summed E-state index contributed by atoms with van der Waals surface area (Å²) in [6.45, 7) is 0.264. The van der Waals surface area contributed by atoms with Crippen molar-refractivity contribution in [2.45, 2.75) is 6.54 Å². The molecule has 0 unspecified atom stereocenters. The Morgan fingerprint density at radius 3 is 2.88 bits per heavy atom. The monoisotopic (exact) mass is 335 g/mol. The number of imidazole rings is 1. The molecule has 0 aliphatic carbocycles. The lowest BCUT2D eigenvalue weighted by Crippen LogP contribution is -2.28. The number of amides is 1. The van der Waals surface area contributed by atoms with Crippen LogP contribution in [0.5, 0.6) is 5.75 Å². The van der Waals surface area contributed by atoms with E-state index in [1.807, 2.05) is 35.0 Å². The Hall–Kier alpha value is -3.41. The maximum absolute atomic E-state index is 12.0. The van der Waals surface area contributed by atoms with E-state index in [0.717, 1.165) is 17.5 Å². The van der Waals surface area contributed by atoms with Crippen LogP contribution >= 0.6 is 0 Å². The highest BCUT2D eigenvalue weighted by Crippen LogP contribution is 2.14. The van der Waals surface area contributed by atoms with E-state index in [1.165, 1.54) is 0 Å². The summed E-state index contributed by atoms with van der Waals surface area (Å²) in [6, 6.07) is 14.4. The average molecular weight is 335 g/mol. The quantitative estimate of drug-likeness (QED) is 0.673. The summed E-state index contributed by atoms with van der Waals surface area (Å²) < 4.78 is 7.31. The maximum Gasteiger partial charge on any atom is 0.258 e. The Bertz CT molecular complexity index is 860. The third-order valence-corrected chi connectivity index (χ3v) is 3.61. The van der Waals surface area contributed by atoms with Crippen LogP contribution < -0.4 is 10.1 Å². The van der Waals surface area contributed by atoms with Gasteiger partial charge in [0.05, 0.1) is 12.0 Å². The van der Waals surface area contributed by atoms with Gasteiger partial charge in [0.25, 0.3) is 5.91 Å². The van der Waals surface area contributed by atoms with Crippen LogP contribution in [0.3, 0.4) is 0 Å². The number of aromatic nitrogens is 2. The van der Waals surface area contributed by atoms with Gasteiger partial charge < -0.3 is 14.6 Å². The van der Waals surface area contributed by atoms with Gasteiger partial charge in [0.2, 0.25) is 0 Å². The van der Waals surface area contributed by atoms with Crippen molar-refractivity contribution < 1.29 is 14.3 Å². The molecule has 0 atom stereocenters. The van der Waals surface area contributed by atoms with Gasteiger partial charge in [0.1, 0.15) is 12.0 Å². The number of hydrogen-bond donors (Lipinski definition) is 1. The SMILES string of the molecule is O=Cc1cccc(OCC(=O)NCc2ccccc2-n2ccnc2)c1. The van der Waals surface area contributed by atoms with Crippen molar-refractivity contribution in [3.8, 4) is 11.4 Å². The lowest BCUT2D eigenvalue weighted by molar-refractivity contribution is -0.123. The number of benzene rings is 2. The second kappa shape index (κ2) is 7.92. The van der Waals surface area contributed by atoms with Crippen LogP contribution in [-0.2, 0) is 11.3 Å². The van der Waals surface area contributed by atoms with E-state index in [0.29, 0.717) is 17.9 Å². The molecular weight excluding hydrogens is 318 g/mol. The summed E-state index contributed by atoms with van der Waals surface area (Å²) in [6.07, 6.45) is 6.00. The molecule has 1 aromatic heterocycles. The molecule has 0 fully saturated rings. The first-order chi connectivity index (χ1) is 12.3. The number of carbonyl (C=O) groups excluding carboxylic acids is 2. The molecular formula is C19H17N3O3. The molecule has 3 rings (SSSR count). The summed E-state index contributed by atoms with van der Waals surface area (Å²) in [5, 5.41) is 2.83. The van der Waals surface area contributed by atoms with Crippen molar-refractivity contribution in [1.82, 2.24) is 14.9 Å². The molecule has 25 heavy (non-hydrogen) atoms. The standard InChI is InChI=1S/C19H17N3O3/c23-12-15-4-3-6-17(10-15)25-13-19(24)21-11-16-5-1-2-7-18(16)22-9-8-20-14-22/h1-10,12,14H,11,13H2,(H,21,24). The third-order valence-electron chi connectivity index (χ3n) is 3.61. The Morgan fingerprint density at radius 2 is 2.08 bits per heavy atom. The Balaban J connectivity index is 1.57. The second-order valence-electron chi connectivity index (χ2n) is 5.35. The summed E-state index contributed by atoms with van der Waals surface area (Å²) in [7, 11) is 0. The number of nitrogens with one attached hydrogen (secondary N) is 1. The van der Waals surface area contributed by atoms with Gasteiger partial charge >= 0.3 is 0 Å². The van der Waals surface area contributed by atoms with Crippen LogP contribution in [-0.4, -0.2) is 28.4 Å². The fourth-order valence-electron chi connectivity index (χ4n) is 2.39. The number of carbonyl (C=O) groups is 2. The summed E-state index contributed by atoms with van der Waals surface area (Å²) in [5.41, 5.74) is 2.43. The first kappa shape index (κ1) is 16.4. The Morgan fingerprint density at radius 1 is 1.20 bits per heavy atom. The van der Waals surface area contributed by atoms with E-state index < -0.39 is 0 Å². The van der Waals surface area contributed by atoms with Gasteiger partial charge in [-0.1, -0.05) is 30.3 Å². The lowest BCUT2D eigenvalue weighted by atomic mass is 10.1. The molecule has 0 aliphatic heterocycles. The first-order valence-corrected chi connectivity index (χ1v) is 7.77. The van der Waals surface area contributed by atoms with Crippen LogP contribution in [0.15, 0.2) is 67.3 Å². The Labute approximate surface area is 145 Å². The van der Waals surface area contributed by atoms with Crippen molar-refractivity contribution in [2.75, 3.05) is 6.61 Å². The normalized spacial score (nSPS) is 10.2. The van der Waals surface area contributed by atoms with E-state index in [9.17, 15) is 9.59 Å². The smallest absolute Gasteiger partial charge is 0.258 e. The zero-order valence-electron chi connectivity index (χ0n) is 13.5. The molecule has 1 N–H and O–H groups in total. The molecule has 2 aromatic carbocycles. The van der Waals surface area contributed by atoms with E-state index in [-0.39, 0.29) is 12.5 Å². The van der Waals surface area contributed by atoms with Crippen LogP contribution in [0.25, 0.3) is 5.69 Å². The lowest BCUT2D eigenvalue weighted by Gasteiger charge is -2.12. The molecule has 0 spiro atoms. The zero-order valence-corrected chi connectivity index (χ0v) is 13.5. The zero-order chi connectivity index (χ0) is 17.5. The summed E-state index contributed by atoms with van der Waals surface area (Å²) >= 11 is 0. The molecule has 0 aliphatic rings. The predicted octanol–water partition coefficient (Wildman–Crippen LogP) is 2.38. The van der Waals surface area contributed by atoms with Crippen molar-refractivity contribution in [2.24, 2.45) is 0 Å². The predicted molar refractivity (Wildman–Crippen MR) is 92.7 cm³/mol. The van der Waals surface area contributed by atoms with Gasteiger partial charge in [-0.25, -0.2) is 4.98 Å². The van der Waals surface area contributed by atoms with Gasteiger partial charge in [-0.15, -0.1) is 0 Å². The minimum Gasteiger partial charge on any atom is -0.484 e. The molecule has 0 radical (unpaired) electrons. The van der Waals surface area contributed by atoms with Crippen LogP contribution in [0.2, 0.25) is 0 Å². The van der Waals surface area contributed by atoms with Gasteiger partial charge in [-0.2, -0.15) is 0 Å². The molecule has 126 valence electrons. The molecule has 6 heteroatoms. The summed E-state index contributed by atoms with van der Waals surface area (Å²) in [4.78, 5) is 26.8. The molecule has 3 aromatic rings. The van der Waals surface area contributed by atoms with Gasteiger partial charge in [0.15, 0.2) is 6.61 Å². The number of ether oxygens (including phenoxy) is 1. The minimum absolute atomic E-state index is 0.116. The highest BCUT2D eigenvalue weighted by Gasteiger charge is 2.07. The van der Waals surface area contributed by atoms with Gasteiger partial charge in [-0.3, -0.25) is 9.59 Å². The van der Waals surface area contributed by atoms with Crippen LogP contribution in [0, 0.1) is 0 Å². The fraction of sp³-hybridized carbons (Fsp3) is 0.105. The fourth-order valence-corrected chi connectivity index (χ4v) is 2.39. The Kier molecular flexibility index (Phi) is 5.21. The average Bonchev–Trinajstić information content (AvgIpc) is 3.19. The molecule has 1 amide bonds. The summed E-state index contributed by atoms with van der Waals surface area (Å²) in [5.74, 6) is 0.246. The topological polar surface area (TPSA) is 73.2 Å². The van der Waals surface area contributed by atoms with E-state index in [4.69, 9.17) is 4.74 Å². The molecule has 1 heterocycles. The van der Waals surface area contributed by atoms with Crippen molar-refractivity contribution in [3.05, 3.63) is 78.4 Å². The van der Waals surface area contributed by atoms with Crippen molar-refractivity contribution >= 4 is 12.2 Å². The highest BCUT2D eigenvalue weighted by atomic mass is 16.5. The molecule has 0 saturated heterocycles.